The zero-order chi connectivity index (χ0) is 13.8. The maximum atomic E-state index is 11.7. The molecule has 20 heavy (non-hydrogen) atoms. The highest BCUT2D eigenvalue weighted by atomic mass is 16.1. The molecule has 0 unspecified atom stereocenters. The Balaban J connectivity index is 1.96. The summed E-state index contributed by atoms with van der Waals surface area (Å²) >= 11 is 0. The fourth-order valence-electron chi connectivity index (χ4n) is 3.09. The van der Waals surface area contributed by atoms with Crippen LogP contribution in [-0.2, 0) is 4.79 Å². The van der Waals surface area contributed by atoms with E-state index in [0.717, 1.165) is 13.0 Å². The maximum Gasteiger partial charge on any atom is 0.220 e. The number of hydrogen-bond donors (Lipinski definition) is 1. The van der Waals surface area contributed by atoms with Crippen LogP contribution in [0.2, 0.25) is 0 Å². The highest BCUT2D eigenvalue weighted by molar-refractivity contribution is 5.76. The van der Waals surface area contributed by atoms with E-state index in [1.807, 2.05) is 12.1 Å². The Labute approximate surface area is 119 Å². The lowest BCUT2D eigenvalue weighted by Crippen LogP contribution is -2.26. The molecule has 2 nitrogen and oxygen atoms in total. The summed E-state index contributed by atoms with van der Waals surface area (Å²) in [5.41, 5.74) is 2.64. The van der Waals surface area contributed by atoms with Crippen LogP contribution in [0, 0.1) is 0 Å². The van der Waals surface area contributed by atoms with Gasteiger partial charge >= 0.3 is 0 Å². The summed E-state index contributed by atoms with van der Waals surface area (Å²) in [6.07, 6.45) is 1.53. The molecule has 0 saturated carbocycles. The highest BCUT2D eigenvalue weighted by Gasteiger charge is 2.28. The number of carbonyl (C=O) groups excluding carboxylic acids is 1. The number of hydrogen-bond acceptors (Lipinski definition) is 1. The lowest BCUT2D eigenvalue weighted by atomic mass is 9.79. The summed E-state index contributed by atoms with van der Waals surface area (Å²) in [7, 11) is 0. The molecule has 1 aliphatic rings. The predicted molar refractivity (Wildman–Crippen MR) is 80.6 cm³/mol. The molecule has 1 amide bonds. The standard InChI is InChI=1S/C18H19NO/c20-18-12-11-16(14-7-3-1-4-8-14)17(13-19-18)15-9-5-2-6-10-15/h1-10,16-17H,11-13H2,(H,19,20)/t16-,17-/m0/s1. The van der Waals surface area contributed by atoms with Gasteiger partial charge in [-0.3, -0.25) is 4.79 Å². The van der Waals surface area contributed by atoms with Gasteiger partial charge in [-0.15, -0.1) is 0 Å². The van der Waals surface area contributed by atoms with Crippen LogP contribution in [0.5, 0.6) is 0 Å². The molecule has 102 valence electrons. The third kappa shape index (κ3) is 2.74. The van der Waals surface area contributed by atoms with Gasteiger partial charge in [-0.2, -0.15) is 0 Å². The smallest absolute Gasteiger partial charge is 0.220 e. The second-order valence-electron chi connectivity index (χ2n) is 5.38. The molecule has 2 aromatic rings. The van der Waals surface area contributed by atoms with Gasteiger partial charge in [0.15, 0.2) is 0 Å². The average Bonchev–Trinajstić information content (AvgIpc) is 2.71. The van der Waals surface area contributed by atoms with Crippen molar-refractivity contribution in [3.63, 3.8) is 0 Å². The molecule has 2 heteroatoms. The second kappa shape index (κ2) is 5.91. The van der Waals surface area contributed by atoms with E-state index in [-0.39, 0.29) is 5.91 Å². The Morgan fingerprint density at radius 2 is 1.35 bits per heavy atom. The SMILES string of the molecule is O=C1CC[C@@H](c2ccccc2)[C@H](c2ccccc2)CN1. The largest absolute Gasteiger partial charge is 0.355 e. The molecule has 1 saturated heterocycles. The van der Waals surface area contributed by atoms with E-state index in [1.165, 1.54) is 11.1 Å². The van der Waals surface area contributed by atoms with Gasteiger partial charge in [0, 0.05) is 18.9 Å². The fraction of sp³-hybridized carbons (Fsp3) is 0.278. The molecule has 1 fully saturated rings. The highest BCUT2D eigenvalue weighted by Crippen LogP contribution is 2.37. The van der Waals surface area contributed by atoms with Crippen LogP contribution in [0.1, 0.15) is 35.8 Å². The van der Waals surface area contributed by atoms with E-state index in [1.54, 1.807) is 0 Å². The van der Waals surface area contributed by atoms with Crippen LogP contribution in [0.4, 0.5) is 0 Å². The summed E-state index contributed by atoms with van der Waals surface area (Å²) in [6, 6.07) is 21.1. The third-order valence-corrected chi connectivity index (χ3v) is 4.14. The molecule has 3 rings (SSSR count). The quantitative estimate of drug-likeness (QED) is 0.885. The molecule has 0 aromatic heterocycles. The molecule has 0 bridgehead atoms. The van der Waals surface area contributed by atoms with E-state index in [2.05, 4.69) is 53.8 Å². The van der Waals surface area contributed by atoms with Crippen LogP contribution in [-0.4, -0.2) is 12.5 Å². The Bertz CT molecular complexity index is 513. The maximum absolute atomic E-state index is 11.7. The average molecular weight is 265 g/mol. The summed E-state index contributed by atoms with van der Waals surface area (Å²) in [6.45, 7) is 0.725. The summed E-state index contributed by atoms with van der Waals surface area (Å²) < 4.78 is 0. The van der Waals surface area contributed by atoms with Crippen molar-refractivity contribution in [1.29, 1.82) is 0 Å². The van der Waals surface area contributed by atoms with Crippen LogP contribution in [0.15, 0.2) is 60.7 Å². The Morgan fingerprint density at radius 1 is 0.800 bits per heavy atom. The normalized spacial score (nSPS) is 22.9. The lowest BCUT2D eigenvalue weighted by molar-refractivity contribution is -0.120. The van der Waals surface area contributed by atoms with E-state index in [0.29, 0.717) is 18.3 Å². The zero-order valence-corrected chi connectivity index (χ0v) is 11.5. The van der Waals surface area contributed by atoms with Gasteiger partial charge in [-0.05, 0) is 23.5 Å². The molecule has 1 heterocycles. The van der Waals surface area contributed by atoms with Crippen LogP contribution in [0.25, 0.3) is 0 Å². The lowest BCUT2D eigenvalue weighted by Gasteiger charge is -2.25. The Hall–Kier alpha value is -2.09. The van der Waals surface area contributed by atoms with Gasteiger partial charge < -0.3 is 5.32 Å². The monoisotopic (exact) mass is 265 g/mol. The van der Waals surface area contributed by atoms with E-state index < -0.39 is 0 Å². The fourth-order valence-corrected chi connectivity index (χ4v) is 3.09. The van der Waals surface area contributed by atoms with Crippen molar-refractivity contribution < 1.29 is 4.79 Å². The molecule has 1 aliphatic heterocycles. The van der Waals surface area contributed by atoms with E-state index >= 15 is 0 Å². The van der Waals surface area contributed by atoms with Crippen molar-refractivity contribution >= 4 is 5.91 Å². The summed E-state index contributed by atoms with van der Waals surface area (Å²) in [5.74, 6) is 0.923. The minimum atomic E-state index is 0.171. The van der Waals surface area contributed by atoms with Gasteiger partial charge in [-0.1, -0.05) is 60.7 Å². The molecule has 0 spiro atoms. The first-order valence-corrected chi connectivity index (χ1v) is 7.21. The van der Waals surface area contributed by atoms with Gasteiger partial charge in [0.1, 0.15) is 0 Å². The number of benzene rings is 2. The summed E-state index contributed by atoms with van der Waals surface area (Å²) in [5, 5.41) is 3.05. The number of carbonyl (C=O) groups is 1. The summed E-state index contributed by atoms with van der Waals surface area (Å²) in [4.78, 5) is 11.7. The first-order valence-electron chi connectivity index (χ1n) is 7.21. The molecular formula is C18H19NO. The number of amides is 1. The van der Waals surface area contributed by atoms with Crippen molar-refractivity contribution in [2.24, 2.45) is 0 Å². The van der Waals surface area contributed by atoms with Crippen LogP contribution in [0.3, 0.4) is 0 Å². The van der Waals surface area contributed by atoms with Crippen molar-refractivity contribution in [2.45, 2.75) is 24.7 Å². The van der Waals surface area contributed by atoms with Crippen molar-refractivity contribution in [3.05, 3.63) is 71.8 Å². The van der Waals surface area contributed by atoms with E-state index in [9.17, 15) is 4.79 Å². The number of rotatable bonds is 2. The van der Waals surface area contributed by atoms with Crippen molar-refractivity contribution in [3.8, 4) is 0 Å². The van der Waals surface area contributed by atoms with Crippen LogP contribution >= 0.6 is 0 Å². The molecule has 0 aliphatic carbocycles. The molecule has 1 N–H and O–H groups in total. The van der Waals surface area contributed by atoms with Crippen molar-refractivity contribution in [1.82, 2.24) is 5.32 Å². The molecule has 2 aromatic carbocycles. The molecule has 2 atom stereocenters. The predicted octanol–water partition coefficient (Wildman–Crippen LogP) is 3.46. The third-order valence-electron chi connectivity index (χ3n) is 4.14. The van der Waals surface area contributed by atoms with Gasteiger partial charge in [0.2, 0.25) is 5.91 Å². The molecule has 0 radical (unpaired) electrons. The topological polar surface area (TPSA) is 29.1 Å². The minimum Gasteiger partial charge on any atom is -0.355 e. The van der Waals surface area contributed by atoms with Gasteiger partial charge in [0.25, 0.3) is 0 Å². The number of nitrogens with one attached hydrogen (secondary N) is 1. The Morgan fingerprint density at radius 3 is 1.95 bits per heavy atom. The van der Waals surface area contributed by atoms with Crippen LogP contribution < -0.4 is 5.32 Å². The first-order chi connectivity index (χ1) is 9.84. The zero-order valence-electron chi connectivity index (χ0n) is 11.5. The van der Waals surface area contributed by atoms with Gasteiger partial charge in [-0.25, -0.2) is 0 Å². The Kier molecular flexibility index (Phi) is 3.82. The van der Waals surface area contributed by atoms with Gasteiger partial charge in [0.05, 0.1) is 0 Å². The molecular weight excluding hydrogens is 246 g/mol. The minimum absolute atomic E-state index is 0.171. The van der Waals surface area contributed by atoms with Crippen molar-refractivity contribution in [2.75, 3.05) is 6.54 Å². The first kappa shape index (κ1) is 12.9. The second-order valence-corrected chi connectivity index (χ2v) is 5.38. The van der Waals surface area contributed by atoms with E-state index in [4.69, 9.17) is 0 Å².